The largest absolute Gasteiger partial charge is 0.484 e. The monoisotopic (exact) mass is 369 g/mol. The normalized spacial score (nSPS) is 20.7. The third kappa shape index (κ3) is 4.36. The smallest absolute Gasteiger partial charge is 0.260 e. The van der Waals surface area contributed by atoms with Gasteiger partial charge in [-0.2, -0.15) is 0 Å². The summed E-state index contributed by atoms with van der Waals surface area (Å²) in [6.45, 7) is 4.56. The van der Waals surface area contributed by atoms with Crippen molar-refractivity contribution in [3.05, 3.63) is 18.2 Å². The number of carbonyl (C=O) groups is 1. The molecular weight excluding hydrogens is 346 g/mol. The Morgan fingerprint density at radius 2 is 2.08 bits per heavy atom. The SMILES string of the molecule is CC(C)CN(C(=O)COc1ccc2c(c1)OCO2)[C@@H]1CCS(=O)(=O)C1. The Morgan fingerprint density at radius 3 is 2.76 bits per heavy atom. The maximum atomic E-state index is 12.6. The average molecular weight is 369 g/mol. The Morgan fingerprint density at radius 1 is 1.32 bits per heavy atom. The van der Waals surface area contributed by atoms with Crippen LogP contribution in [0, 0.1) is 5.92 Å². The highest BCUT2D eigenvalue weighted by Gasteiger charge is 2.35. The lowest BCUT2D eigenvalue weighted by molar-refractivity contribution is -0.135. The number of rotatable bonds is 6. The molecule has 25 heavy (non-hydrogen) atoms. The summed E-state index contributed by atoms with van der Waals surface area (Å²) in [7, 11) is -3.05. The van der Waals surface area contributed by atoms with E-state index in [-0.39, 0.29) is 42.8 Å². The molecule has 3 rings (SSSR count). The van der Waals surface area contributed by atoms with Gasteiger partial charge in [0.25, 0.3) is 5.91 Å². The Balaban J connectivity index is 1.64. The number of nitrogens with zero attached hydrogens (tertiary/aromatic N) is 1. The van der Waals surface area contributed by atoms with Crippen LogP contribution >= 0.6 is 0 Å². The van der Waals surface area contributed by atoms with Gasteiger partial charge in [0, 0.05) is 18.7 Å². The minimum Gasteiger partial charge on any atom is -0.484 e. The van der Waals surface area contributed by atoms with Gasteiger partial charge in [-0.25, -0.2) is 8.42 Å². The third-order valence-electron chi connectivity index (χ3n) is 4.24. The van der Waals surface area contributed by atoms with E-state index in [4.69, 9.17) is 14.2 Å². The van der Waals surface area contributed by atoms with Gasteiger partial charge in [0.2, 0.25) is 6.79 Å². The molecule has 1 saturated heterocycles. The van der Waals surface area contributed by atoms with Gasteiger partial charge in [-0.05, 0) is 24.5 Å². The average Bonchev–Trinajstić information content (AvgIpc) is 3.15. The van der Waals surface area contributed by atoms with E-state index in [1.807, 2.05) is 13.8 Å². The van der Waals surface area contributed by atoms with Gasteiger partial charge in [0.15, 0.2) is 27.9 Å². The molecule has 1 aromatic carbocycles. The summed E-state index contributed by atoms with van der Waals surface area (Å²) in [6.07, 6.45) is 0.491. The van der Waals surface area contributed by atoms with Crippen LogP contribution in [0.3, 0.4) is 0 Å². The van der Waals surface area contributed by atoms with Crippen LogP contribution in [0.25, 0.3) is 0 Å². The highest BCUT2D eigenvalue weighted by atomic mass is 32.2. The summed E-state index contributed by atoms with van der Waals surface area (Å²) in [5, 5.41) is 0. The number of fused-ring (bicyclic) bond motifs is 1. The molecule has 0 aromatic heterocycles. The van der Waals surface area contributed by atoms with Crippen LogP contribution < -0.4 is 14.2 Å². The van der Waals surface area contributed by atoms with Gasteiger partial charge in [0.1, 0.15) is 5.75 Å². The van der Waals surface area contributed by atoms with Crippen LogP contribution in [-0.4, -0.2) is 56.7 Å². The van der Waals surface area contributed by atoms with E-state index in [1.54, 1.807) is 23.1 Å². The maximum absolute atomic E-state index is 12.6. The van der Waals surface area contributed by atoms with E-state index >= 15 is 0 Å². The van der Waals surface area contributed by atoms with Crippen molar-refractivity contribution in [1.82, 2.24) is 4.90 Å². The Labute approximate surface area is 147 Å². The number of hydrogen-bond donors (Lipinski definition) is 0. The van der Waals surface area contributed by atoms with Crippen LogP contribution in [0.15, 0.2) is 18.2 Å². The molecule has 0 saturated carbocycles. The second-order valence-electron chi connectivity index (χ2n) is 6.80. The number of sulfone groups is 1. The number of carbonyl (C=O) groups excluding carboxylic acids is 1. The van der Waals surface area contributed by atoms with Gasteiger partial charge < -0.3 is 19.1 Å². The van der Waals surface area contributed by atoms with Gasteiger partial charge in [0.05, 0.1) is 11.5 Å². The van der Waals surface area contributed by atoms with E-state index in [1.165, 1.54) is 0 Å². The molecule has 7 nitrogen and oxygen atoms in total. The molecule has 0 N–H and O–H groups in total. The number of hydrogen-bond acceptors (Lipinski definition) is 6. The van der Waals surface area contributed by atoms with Crippen molar-refractivity contribution in [2.45, 2.75) is 26.3 Å². The first kappa shape index (κ1) is 17.8. The van der Waals surface area contributed by atoms with Crippen molar-refractivity contribution < 1.29 is 27.4 Å². The van der Waals surface area contributed by atoms with Crippen molar-refractivity contribution in [2.24, 2.45) is 5.92 Å². The first-order chi connectivity index (χ1) is 11.8. The summed E-state index contributed by atoms with van der Waals surface area (Å²) in [5.74, 6) is 1.98. The summed E-state index contributed by atoms with van der Waals surface area (Å²) in [5.41, 5.74) is 0. The number of amides is 1. The molecule has 0 unspecified atom stereocenters. The van der Waals surface area contributed by atoms with Gasteiger partial charge in [-0.3, -0.25) is 4.79 Å². The molecule has 8 heteroatoms. The quantitative estimate of drug-likeness (QED) is 0.755. The van der Waals surface area contributed by atoms with Crippen molar-refractivity contribution in [3.8, 4) is 17.2 Å². The van der Waals surface area contributed by atoms with Crippen LogP contribution in [0.4, 0.5) is 0 Å². The minimum atomic E-state index is -3.05. The molecule has 0 radical (unpaired) electrons. The zero-order chi connectivity index (χ0) is 18.0. The van der Waals surface area contributed by atoms with E-state index in [9.17, 15) is 13.2 Å². The van der Waals surface area contributed by atoms with Crippen molar-refractivity contribution in [2.75, 3.05) is 31.5 Å². The van der Waals surface area contributed by atoms with Crippen molar-refractivity contribution >= 4 is 15.7 Å². The standard InChI is InChI=1S/C17H23NO6S/c1-12(2)8-18(13-5-6-25(20,21)10-13)17(19)9-22-14-3-4-15-16(7-14)24-11-23-15/h3-4,7,12-13H,5-6,8-11H2,1-2H3/t13-/m1/s1. The summed E-state index contributed by atoms with van der Waals surface area (Å²) in [6, 6.07) is 4.87. The summed E-state index contributed by atoms with van der Waals surface area (Å²) in [4.78, 5) is 14.3. The predicted octanol–water partition coefficient (Wildman–Crippen LogP) is 1.47. The maximum Gasteiger partial charge on any atom is 0.260 e. The summed E-state index contributed by atoms with van der Waals surface area (Å²) >= 11 is 0. The van der Waals surface area contributed by atoms with Crippen molar-refractivity contribution in [1.29, 1.82) is 0 Å². The lowest BCUT2D eigenvalue weighted by atomic mass is 10.1. The van der Waals surface area contributed by atoms with E-state index in [0.29, 0.717) is 30.2 Å². The second kappa shape index (κ2) is 7.11. The molecule has 1 aromatic rings. The lowest BCUT2D eigenvalue weighted by Gasteiger charge is -2.29. The molecule has 0 spiro atoms. The Bertz CT molecular complexity index is 746. The molecule has 1 amide bonds. The first-order valence-corrected chi connectivity index (χ1v) is 10.2. The first-order valence-electron chi connectivity index (χ1n) is 8.36. The Kier molecular flexibility index (Phi) is 5.08. The molecule has 0 bridgehead atoms. The summed E-state index contributed by atoms with van der Waals surface area (Å²) < 4.78 is 39.6. The van der Waals surface area contributed by atoms with E-state index in [0.717, 1.165) is 0 Å². The van der Waals surface area contributed by atoms with Crippen LogP contribution in [0.2, 0.25) is 0 Å². The van der Waals surface area contributed by atoms with Crippen LogP contribution in [0.1, 0.15) is 20.3 Å². The minimum absolute atomic E-state index is 0.0372. The van der Waals surface area contributed by atoms with Gasteiger partial charge in [-0.1, -0.05) is 13.8 Å². The fourth-order valence-corrected chi connectivity index (χ4v) is 4.79. The molecule has 0 aliphatic carbocycles. The number of benzene rings is 1. The zero-order valence-electron chi connectivity index (χ0n) is 14.4. The van der Waals surface area contributed by atoms with E-state index < -0.39 is 9.84 Å². The predicted molar refractivity (Wildman–Crippen MR) is 91.7 cm³/mol. The fourth-order valence-electron chi connectivity index (χ4n) is 3.06. The second-order valence-corrected chi connectivity index (χ2v) is 9.03. The third-order valence-corrected chi connectivity index (χ3v) is 5.99. The van der Waals surface area contributed by atoms with Gasteiger partial charge in [-0.15, -0.1) is 0 Å². The highest BCUT2D eigenvalue weighted by molar-refractivity contribution is 7.91. The molecule has 1 atom stereocenters. The van der Waals surface area contributed by atoms with Crippen LogP contribution in [-0.2, 0) is 14.6 Å². The van der Waals surface area contributed by atoms with Crippen molar-refractivity contribution in [3.63, 3.8) is 0 Å². The molecular formula is C17H23NO6S. The molecule has 2 aliphatic heterocycles. The molecule has 2 aliphatic rings. The Hall–Kier alpha value is -1.96. The lowest BCUT2D eigenvalue weighted by Crippen LogP contribution is -2.45. The topological polar surface area (TPSA) is 82.1 Å². The number of ether oxygens (including phenoxy) is 3. The van der Waals surface area contributed by atoms with Gasteiger partial charge >= 0.3 is 0 Å². The molecule has 138 valence electrons. The highest BCUT2D eigenvalue weighted by Crippen LogP contribution is 2.35. The zero-order valence-corrected chi connectivity index (χ0v) is 15.3. The fraction of sp³-hybridized carbons (Fsp3) is 0.588. The molecule has 1 fully saturated rings. The molecule has 2 heterocycles. The van der Waals surface area contributed by atoms with E-state index in [2.05, 4.69) is 0 Å². The van der Waals surface area contributed by atoms with Crippen LogP contribution in [0.5, 0.6) is 17.2 Å².